The Morgan fingerprint density at radius 1 is 1.35 bits per heavy atom. The summed E-state index contributed by atoms with van der Waals surface area (Å²) in [6.45, 7) is 3.23. The van der Waals surface area contributed by atoms with Gasteiger partial charge in [0, 0.05) is 32.7 Å². The monoisotopic (exact) mass is 282 g/mol. The van der Waals surface area contributed by atoms with Gasteiger partial charge in [-0.2, -0.15) is 0 Å². The molecule has 2 saturated heterocycles. The van der Waals surface area contributed by atoms with Crippen molar-refractivity contribution >= 4 is 6.03 Å². The first-order valence-corrected chi connectivity index (χ1v) is 7.94. The number of likely N-dealkylation sites (tertiary alicyclic amines) is 1. The number of rotatable bonds is 4. The zero-order valence-electron chi connectivity index (χ0n) is 12.3. The van der Waals surface area contributed by atoms with Gasteiger partial charge in [-0.3, -0.25) is 0 Å². The number of amides is 2. The number of urea groups is 1. The summed E-state index contributed by atoms with van der Waals surface area (Å²) >= 11 is 0. The molecule has 0 aromatic heterocycles. The lowest BCUT2D eigenvalue weighted by molar-refractivity contribution is 0.0769. The maximum absolute atomic E-state index is 12.4. The molecule has 114 valence electrons. The molecule has 0 aromatic rings. The molecule has 1 saturated carbocycles. The molecule has 2 heterocycles. The standard InChI is InChI=1S/C15H26N2O3/c1-19-10-11-3-2-7-17(9-11)15(18)16-13-6-8-20-14(13)12-4-5-12/h11-14H,2-10H2,1H3,(H,16,18)/t11-,13+,14-/m1/s1. The van der Waals surface area contributed by atoms with Crippen molar-refractivity contribution in [2.24, 2.45) is 11.8 Å². The molecule has 0 aromatic carbocycles. The van der Waals surface area contributed by atoms with Crippen molar-refractivity contribution in [2.75, 3.05) is 33.4 Å². The molecule has 5 nitrogen and oxygen atoms in total. The maximum atomic E-state index is 12.4. The average molecular weight is 282 g/mol. The van der Waals surface area contributed by atoms with Crippen LogP contribution in [0.15, 0.2) is 0 Å². The van der Waals surface area contributed by atoms with Gasteiger partial charge >= 0.3 is 6.03 Å². The SMILES string of the molecule is COC[C@@H]1CCCN(C(=O)N[C@H]2CCO[C@@H]2C2CC2)C1. The normalized spacial score (nSPS) is 34.2. The van der Waals surface area contributed by atoms with Crippen molar-refractivity contribution in [3.8, 4) is 0 Å². The van der Waals surface area contributed by atoms with Crippen LogP contribution in [0.2, 0.25) is 0 Å². The summed E-state index contributed by atoms with van der Waals surface area (Å²) in [4.78, 5) is 14.4. The molecule has 2 aliphatic heterocycles. The van der Waals surface area contributed by atoms with Crippen LogP contribution in [0.5, 0.6) is 0 Å². The van der Waals surface area contributed by atoms with Gasteiger partial charge in [0.1, 0.15) is 0 Å². The fraction of sp³-hybridized carbons (Fsp3) is 0.933. The van der Waals surface area contributed by atoms with Crippen LogP contribution < -0.4 is 5.32 Å². The Morgan fingerprint density at radius 2 is 2.20 bits per heavy atom. The van der Waals surface area contributed by atoms with Gasteiger partial charge in [0.15, 0.2) is 0 Å². The minimum Gasteiger partial charge on any atom is -0.384 e. The van der Waals surface area contributed by atoms with Crippen molar-refractivity contribution in [2.45, 2.75) is 44.2 Å². The number of carbonyl (C=O) groups excluding carboxylic acids is 1. The zero-order valence-corrected chi connectivity index (χ0v) is 12.3. The highest BCUT2D eigenvalue weighted by Gasteiger charge is 2.41. The fourth-order valence-electron chi connectivity index (χ4n) is 3.53. The Labute approximate surface area is 121 Å². The van der Waals surface area contributed by atoms with Gasteiger partial charge in [-0.05, 0) is 38.0 Å². The quantitative estimate of drug-likeness (QED) is 0.852. The molecule has 3 aliphatic rings. The van der Waals surface area contributed by atoms with Crippen molar-refractivity contribution in [3.63, 3.8) is 0 Å². The predicted octanol–water partition coefficient (Wildman–Crippen LogP) is 1.62. The number of nitrogens with zero attached hydrogens (tertiary/aromatic N) is 1. The number of methoxy groups -OCH3 is 1. The van der Waals surface area contributed by atoms with Gasteiger partial charge in [-0.15, -0.1) is 0 Å². The number of nitrogens with one attached hydrogen (secondary N) is 1. The van der Waals surface area contributed by atoms with Gasteiger partial charge in [-0.25, -0.2) is 4.79 Å². The molecule has 0 spiro atoms. The summed E-state index contributed by atoms with van der Waals surface area (Å²) in [6.07, 6.45) is 5.98. The van der Waals surface area contributed by atoms with E-state index < -0.39 is 0 Å². The van der Waals surface area contributed by atoms with Gasteiger partial charge in [-0.1, -0.05) is 0 Å². The maximum Gasteiger partial charge on any atom is 0.317 e. The first kappa shape index (κ1) is 14.1. The van der Waals surface area contributed by atoms with E-state index in [0.29, 0.717) is 11.8 Å². The van der Waals surface area contributed by atoms with Crippen LogP contribution >= 0.6 is 0 Å². The highest BCUT2D eigenvalue weighted by Crippen LogP contribution is 2.38. The molecule has 5 heteroatoms. The molecule has 3 rings (SSSR count). The first-order chi connectivity index (χ1) is 9.78. The molecule has 0 bridgehead atoms. The highest BCUT2D eigenvalue weighted by atomic mass is 16.5. The van der Waals surface area contributed by atoms with Crippen LogP contribution in [-0.2, 0) is 9.47 Å². The third-order valence-corrected chi connectivity index (χ3v) is 4.74. The lowest BCUT2D eigenvalue weighted by Gasteiger charge is -2.33. The lowest BCUT2D eigenvalue weighted by atomic mass is 9.99. The van der Waals surface area contributed by atoms with Crippen molar-refractivity contribution in [1.82, 2.24) is 10.2 Å². The van der Waals surface area contributed by atoms with Crippen LogP contribution in [0.1, 0.15) is 32.1 Å². The van der Waals surface area contributed by atoms with E-state index in [0.717, 1.165) is 45.6 Å². The smallest absolute Gasteiger partial charge is 0.317 e. The summed E-state index contributed by atoms with van der Waals surface area (Å²) < 4.78 is 11.0. The van der Waals surface area contributed by atoms with E-state index in [1.165, 1.54) is 12.8 Å². The highest BCUT2D eigenvalue weighted by molar-refractivity contribution is 5.74. The van der Waals surface area contributed by atoms with E-state index in [9.17, 15) is 4.79 Å². The van der Waals surface area contributed by atoms with E-state index in [-0.39, 0.29) is 18.2 Å². The average Bonchev–Trinajstić information content (AvgIpc) is 3.20. The Kier molecular flexibility index (Phi) is 4.46. The Hall–Kier alpha value is -0.810. The van der Waals surface area contributed by atoms with Crippen LogP contribution in [0, 0.1) is 11.8 Å². The Balaban J connectivity index is 1.50. The molecule has 0 unspecified atom stereocenters. The van der Waals surface area contributed by atoms with E-state index in [4.69, 9.17) is 9.47 Å². The second-order valence-electron chi connectivity index (χ2n) is 6.43. The summed E-state index contributed by atoms with van der Waals surface area (Å²) in [6, 6.07) is 0.310. The van der Waals surface area contributed by atoms with Crippen molar-refractivity contribution < 1.29 is 14.3 Å². The van der Waals surface area contributed by atoms with Crippen LogP contribution in [0.4, 0.5) is 4.79 Å². The summed E-state index contributed by atoms with van der Waals surface area (Å²) in [5, 5.41) is 3.20. The van der Waals surface area contributed by atoms with Gasteiger partial charge in [0.25, 0.3) is 0 Å². The number of carbonyl (C=O) groups is 1. The van der Waals surface area contributed by atoms with E-state index in [1.54, 1.807) is 7.11 Å². The third-order valence-electron chi connectivity index (χ3n) is 4.74. The predicted molar refractivity (Wildman–Crippen MR) is 75.6 cm³/mol. The van der Waals surface area contributed by atoms with Gasteiger partial charge in [0.05, 0.1) is 18.8 Å². The van der Waals surface area contributed by atoms with Crippen molar-refractivity contribution in [3.05, 3.63) is 0 Å². The number of piperidine rings is 1. The lowest BCUT2D eigenvalue weighted by Crippen LogP contribution is -2.51. The molecular weight excluding hydrogens is 256 g/mol. The largest absolute Gasteiger partial charge is 0.384 e. The van der Waals surface area contributed by atoms with E-state index in [2.05, 4.69) is 5.32 Å². The number of hydrogen-bond acceptors (Lipinski definition) is 3. The third kappa shape index (κ3) is 3.26. The van der Waals surface area contributed by atoms with Gasteiger partial charge in [0.2, 0.25) is 0 Å². The Morgan fingerprint density at radius 3 is 2.95 bits per heavy atom. The number of hydrogen-bond donors (Lipinski definition) is 1. The second kappa shape index (κ2) is 6.31. The topological polar surface area (TPSA) is 50.8 Å². The van der Waals surface area contributed by atoms with Crippen molar-refractivity contribution in [1.29, 1.82) is 0 Å². The molecule has 1 N–H and O–H groups in total. The molecule has 3 atom stereocenters. The first-order valence-electron chi connectivity index (χ1n) is 7.94. The summed E-state index contributed by atoms with van der Waals surface area (Å²) in [7, 11) is 1.73. The fourth-order valence-corrected chi connectivity index (χ4v) is 3.53. The van der Waals surface area contributed by atoms with Crippen LogP contribution in [0.3, 0.4) is 0 Å². The summed E-state index contributed by atoms with van der Waals surface area (Å²) in [5.74, 6) is 1.17. The molecule has 0 radical (unpaired) electrons. The second-order valence-corrected chi connectivity index (χ2v) is 6.43. The molecule has 20 heavy (non-hydrogen) atoms. The zero-order chi connectivity index (χ0) is 13.9. The molecule has 1 aliphatic carbocycles. The summed E-state index contributed by atoms with van der Waals surface area (Å²) in [5.41, 5.74) is 0. The minimum absolute atomic E-state index is 0.0898. The molecule has 3 fully saturated rings. The van der Waals surface area contributed by atoms with E-state index in [1.807, 2.05) is 4.90 Å². The Bertz CT molecular complexity index is 344. The van der Waals surface area contributed by atoms with Gasteiger partial charge < -0.3 is 19.7 Å². The minimum atomic E-state index is 0.0898. The van der Waals surface area contributed by atoms with E-state index >= 15 is 0 Å². The number of ether oxygens (including phenoxy) is 2. The molecule has 2 amide bonds. The molecular formula is C15H26N2O3. The van der Waals surface area contributed by atoms with Crippen LogP contribution in [-0.4, -0.2) is 56.5 Å². The van der Waals surface area contributed by atoms with Crippen LogP contribution in [0.25, 0.3) is 0 Å².